The highest BCUT2D eigenvalue weighted by Gasteiger charge is 2.15. The second-order valence-electron chi connectivity index (χ2n) is 5.18. The molecule has 1 atom stereocenters. The van der Waals surface area contributed by atoms with Crippen molar-refractivity contribution < 1.29 is 4.39 Å². The van der Waals surface area contributed by atoms with Gasteiger partial charge in [0.25, 0.3) is 0 Å². The lowest BCUT2D eigenvalue weighted by molar-refractivity contribution is 0.525. The zero-order chi connectivity index (χ0) is 15.2. The van der Waals surface area contributed by atoms with Crippen LogP contribution in [0.2, 0.25) is 5.02 Å². The van der Waals surface area contributed by atoms with Crippen LogP contribution in [0.15, 0.2) is 36.7 Å². The summed E-state index contributed by atoms with van der Waals surface area (Å²) in [5.74, 6) is -0.201. The molecular weight excluding hydrogens is 287 g/mol. The average Bonchev–Trinajstić information content (AvgIpc) is 2.46. The quantitative estimate of drug-likeness (QED) is 0.852. The summed E-state index contributed by atoms with van der Waals surface area (Å²) in [6, 6.07) is 6.99. The van der Waals surface area contributed by atoms with Crippen LogP contribution < -0.4 is 5.32 Å². The molecule has 1 aromatic heterocycles. The molecule has 0 fully saturated rings. The van der Waals surface area contributed by atoms with E-state index in [9.17, 15) is 4.39 Å². The molecule has 2 rings (SSSR count). The normalized spacial score (nSPS) is 12.4. The molecule has 1 heterocycles. The Bertz CT molecular complexity index is 601. The van der Waals surface area contributed by atoms with Gasteiger partial charge < -0.3 is 5.32 Å². The minimum atomic E-state index is -0.201. The molecule has 21 heavy (non-hydrogen) atoms. The number of nitrogens with zero attached hydrogens (tertiary/aromatic N) is 1. The molecule has 0 amide bonds. The summed E-state index contributed by atoms with van der Waals surface area (Å²) < 4.78 is 13.3. The molecule has 2 aromatic rings. The van der Waals surface area contributed by atoms with Crippen LogP contribution in [-0.2, 0) is 6.42 Å². The summed E-state index contributed by atoms with van der Waals surface area (Å²) >= 11 is 6.20. The lowest BCUT2D eigenvalue weighted by atomic mass is 9.95. The zero-order valence-electron chi connectivity index (χ0n) is 12.4. The number of nitrogens with one attached hydrogen (secondary N) is 1. The number of hydrogen-bond acceptors (Lipinski definition) is 2. The highest BCUT2D eigenvalue weighted by molar-refractivity contribution is 6.31. The number of rotatable bonds is 6. The van der Waals surface area contributed by atoms with Crippen molar-refractivity contribution in [3.05, 3.63) is 64.2 Å². The largest absolute Gasteiger partial charge is 0.310 e. The van der Waals surface area contributed by atoms with Gasteiger partial charge in [-0.15, -0.1) is 0 Å². The van der Waals surface area contributed by atoms with E-state index in [-0.39, 0.29) is 11.9 Å². The van der Waals surface area contributed by atoms with E-state index in [1.165, 1.54) is 6.07 Å². The standard InChI is InChI=1S/C17H20ClFN2/c1-3-7-21-17(10-13-6-8-20-11-16(13)18)15-5-4-14(19)9-12(15)2/h4-6,8-9,11,17,21H,3,7,10H2,1-2H3. The average molecular weight is 307 g/mol. The summed E-state index contributed by atoms with van der Waals surface area (Å²) in [5, 5.41) is 4.19. The Kier molecular flexibility index (Phi) is 5.71. The maximum absolute atomic E-state index is 13.3. The number of aryl methyl sites for hydroxylation is 1. The molecule has 0 aliphatic carbocycles. The molecule has 0 saturated carbocycles. The lowest BCUT2D eigenvalue weighted by Crippen LogP contribution is -2.25. The van der Waals surface area contributed by atoms with Gasteiger partial charge in [-0.2, -0.15) is 0 Å². The molecule has 2 nitrogen and oxygen atoms in total. The number of hydrogen-bond donors (Lipinski definition) is 1. The molecule has 1 N–H and O–H groups in total. The van der Waals surface area contributed by atoms with Gasteiger partial charge in [0.05, 0.1) is 5.02 Å². The van der Waals surface area contributed by atoms with Crippen LogP contribution in [0, 0.1) is 12.7 Å². The number of aromatic nitrogens is 1. The summed E-state index contributed by atoms with van der Waals surface area (Å²) in [7, 11) is 0. The summed E-state index contributed by atoms with van der Waals surface area (Å²) in [4.78, 5) is 4.01. The Hall–Kier alpha value is -1.45. The highest BCUT2D eigenvalue weighted by Crippen LogP contribution is 2.25. The molecule has 1 unspecified atom stereocenters. The molecule has 0 saturated heterocycles. The fraction of sp³-hybridized carbons (Fsp3) is 0.353. The van der Waals surface area contributed by atoms with Crippen LogP contribution in [0.5, 0.6) is 0 Å². The summed E-state index contributed by atoms with van der Waals surface area (Å²) in [6.45, 7) is 4.97. The van der Waals surface area contributed by atoms with E-state index in [1.807, 2.05) is 19.1 Å². The first-order valence-corrected chi connectivity index (χ1v) is 7.57. The van der Waals surface area contributed by atoms with Gasteiger partial charge in [-0.25, -0.2) is 4.39 Å². The van der Waals surface area contributed by atoms with E-state index in [4.69, 9.17) is 11.6 Å². The lowest BCUT2D eigenvalue weighted by Gasteiger charge is -2.21. The van der Waals surface area contributed by atoms with Crippen molar-refractivity contribution in [3.63, 3.8) is 0 Å². The number of halogens is 2. The fourth-order valence-corrected chi connectivity index (χ4v) is 2.63. The van der Waals surface area contributed by atoms with Crippen molar-refractivity contribution in [2.24, 2.45) is 0 Å². The predicted octanol–water partition coefficient (Wildman–Crippen LogP) is 4.47. The van der Waals surface area contributed by atoms with E-state index in [0.29, 0.717) is 5.02 Å². The molecule has 0 aliphatic rings. The van der Waals surface area contributed by atoms with Gasteiger partial charge in [0.2, 0.25) is 0 Å². The van der Waals surface area contributed by atoms with Crippen molar-refractivity contribution in [1.82, 2.24) is 10.3 Å². The van der Waals surface area contributed by atoms with E-state index < -0.39 is 0 Å². The van der Waals surface area contributed by atoms with Crippen LogP contribution in [0.3, 0.4) is 0 Å². The van der Waals surface area contributed by atoms with Gasteiger partial charge in [-0.3, -0.25) is 4.98 Å². The molecule has 1 aromatic carbocycles. The van der Waals surface area contributed by atoms with Gasteiger partial charge in [0.15, 0.2) is 0 Å². The SMILES string of the molecule is CCCNC(Cc1ccncc1Cl)c1ccc(F)cc1C. The summed E-state index contributed by atoms with van der Waals surface area (Å²) in [6.07, 6.45) is 5.20. The van der Waals surface area contributed by atoms with E-state index in [1.54, 1.807) is 18.5 Å². The molecule has 0 radical (unpaired) electrons. The molecular formula is C17H20ClFN2. The molecule has 4 heteroatoms. The fourth-order valence-electron chi connectivity index (χ4n) is 2.43. The van der Waals surface area contributed by atoms with Crippen molar-refractivity contribution in [3.8, 4) is 0 Å². The third kappa shape index (κ3) is 4.26. The monoisotopic (exact) mass is 306 g/mol. The van der Waals surface area contributed by atoms with Crippen molar-refractivity contribution in [2.75, 3.05) is 6.54 Å². The Balaban J connectivity index is 2.27. The van der Waals surface area contributed by atoms with Crippen molar-refractivity contribution in [1.29, 1.82) is 0 Å². The van der Waals surface area contributed by atoms with Crippen LogP contribution in [0.1, 0.15) is 36.1 Å². The Morgan fingerprint density at radius 1 is 1.33 bits per heavy atom. The van der Waals surface area contributed by atoms with Gasteiger partial charge in [0.1, 0.15) is 5.82 Å². The summed E-state index contributed by atoms with van der Waals surface area (Å²) in [5.41, 5.74) is 3.11. The Morgan fingerprint density at radius 3 is 2.81 bits per heavy atom. The maximum atomic E-state index is 13.3. The smallest absolute Gasteiger partial charge is 0.123 e. The highest BCUT2D eigenvalue weighted by atomic mass is 35.5. The van der Waals surface area contributed by atoms with Gasteiger partial charge >= 0.3 is 0 Å². The second-order valence-corrected chi connectivity index (χ2v) is 5.59. The van der Waals surface area contributed by atoms with Gasteiger partial charge in [-0.1, -0.05) is 24.6 Å². The molecule has 112 valence electrons. The van der Waals surface area contributed by atoms with Gasteiger partial charge in [0, 0.05) is 18.4 Å². The predicted molar refractivity (Wildman–Crippen MR) is 85.1 cm³/mol. The third-order valence-electron chi connectivity index (χ3n) is 3.53. The Labute approximate surface area is 130 Å². The van der Waals surface area contributed by atoms with E-state index in [0.717, 1.165) is 36.1 Å². The zero-order valence-corrected chi connectivity index (χ0v) is 13.1. The van der Waals surface area contributed by atoms with Crippen LogP contribution in [0.25, 0.3) is 0 Å². The first-order valence-electron chi connectivity index (χ1n) is 7.19. The van der Waals surface area contributed by atoms with Crippen LogP contribution >= 0.6 is 11.6 Å². The van der Waals surface area contributed by atoms with Crippen LogP contribution in [-0.4, -0.2) is 11.5 Å². The second kappa shape index (κ2) is 7.53. The van der Waals surface area contributed by atoms with E-state index in [2.05, 4.69) is 17.2 Å². The number of benzene rings is 1. The minimum absolute atomic E-state index is 0.116. The van der Waals surface area contributed by atoms with Crippen molar-refractivity contribution >= 4 is 11.6 Å². The van der Waals surface area contributed by atoms with Gasteiger partial charge in [-0.05, 0) is 61.2 Å². The molecule has 0 bridgehead atoms. The molecule has 0 aliphatic heterocycles. The first kappa shape index (κ1) is 15.9. The van der Waals surface area contributed by atoms with E-state index >= 15 is 0 Å². The third-order valence-corrected chi connectivity index (χ3v) is 3.87. The minimum Gasteiger partial charge on any atom is -0.310 e. The topological polar surface area (TPSA) is 24.9 Å². The molecule has 0 spiro atoms. The Morgan fingerprint density at radius 2 is 2.14 bits per heavy atom. The number of pyridine rings is 1. The first-order chi connectivity index (χ1) is 10.1. The van der Waals surface area contributed by atoms with Crippen LogP contribution in [0.4, 0.5) is 4.39 Å². The maximum Gasteiger partial charge on any atom is 0.123 e. The van der Waals surface area contributed by atoms with Crippen molar-refractivity contribution in [2.45, 2.75) is 32.7 Å².